The van der Waals surface area contributed by atoms with Crippen LogP contribution in [0.2, 0.25) is 0 Å². The van der Waals surface area contributed by atoms with Crippen LogP contribution in [0.25, 0.3) is 5.65 Å². The highest BCUT2D eigenvalue weighted by Gasteiger charge is 2.27. The van der Waals surface area contributed by atoms with Crippen LogP contribution in [0.5, 0.6) is 0 Å². The van der Waals surface area contributed by atoms with E-state index in [1.54, 1.807) is 4.52 Å². The van der Waals surface area contributed by atoms with Crippen molar-refractivity contribution in [2.75, 3.05) is 0 Å². The van der Waals surface area contributed by atoms with E-state index in [-0.39, 0.29) is 5.78 Å². The average molecular weight is 215 g/mol. The number of carbonyl (C=O) groups is 1. The first-order chi connectivity index (χ1) is 7.68. The molecule has 4 heteroatoms. The predicted molar refractivity (Wildman–Crippen MR) is 59.7 cm³/mol. The van der Waals surface area contributed by atoms with Crippen LogP contribution in [-0.2, 0) is 6.42 Å². The van der Waals surface area contributed by atoms with Crippen molar-refractivity contribution in [2.24, 2.45) is 0 Å². The Morgan fingerprint density at radius 1 is 1.38 bits per heavy atom. The first-order valence-electron chi connectivity index (χ1n) is 5.57. The number of ketones is 1. The van der Waals surface area contributed by atoms with Gasteiger partial charge in [-0.3, -0.25) is 4.79 Å². The summed E-state index contributed by atoms with van der Waals surface area (Å²) in [6, 6.07) is 0. The van der Waals surface area contributed by atoms with Crippen LogP contribution in [0.3, 0.4) is 0 Å². The van der Waals surface area contributed by atoms with Gasteiger partial charge in [-0.05, 0) is 23.5 Å². The third-order valence-electron chi connectivity index (χ3n) is 3.21. The molecule has 0 spiro atoms. The molecule has 2 aromatic heterocycles. The van der Waals surface area contributed by atoms with Crippen molar-refractivity contribution >= 4 is 11.4 Å². The fourth-order valence-corrected chi connectivity index (χ4v) is 2.44. The quantitative estimate of drug-likeness (QED) is 0.730. The molecule has 0 unspecified atom stereocenters. The van der Waals surface area contributed by atoms with Gasteiger partial charge in [-0.1, -0.05) is 13.8 Å². The molecular weight excluding hydrogens is 202 g/mol. The number of pyridine rings is 1. The Labute approximate surface area is 93.3 Å². The lowest BCUT2D eigenvalue weighted by Crippen LogP contribution is -2.04. The summed E-state index contributed by atoms with van der Waals surface area (Å²) < 4.78 is 1.72. The van der Waals surface area contributed by atoms with E-state index in [4.69, 9.17) is 0 Å². The standard InChI is InChI=1S/C12H13N3O/c1-7(2)9-5-15-12(13-6-14-15)11-8(9)3-4-10(11)16/h5-7H,3-4H2,1-2H3. The van der Waals surface area contributed by atoms with Gasteiger partial charge < -0.3 is 0 Å². The van der Waals surface area contributed by atoms with E-state index in [2.05, 4.69) is 23.9 Å². The van der Waals surface area contributed by atoms with E-state index in [1.807, 2.05) is 6.20 Å². The van der Waals surface area contributed by atoms with Crippen molar-refractivity contribution in [3.63, 3.8) is 0 Å². The molecule has 1 aliphatic rings. The Kier molecular flexibility index (Phi) is 1.87. The van der Waals surface area contributed by atoms with Crippen LogP contribution in [0, 0.1) is 0 Å². The van der Waals surface area contributed by atoms with Gasteiger partial charge in [0.1, 0.15) is 6.33 Å². The van der Waals surface area contributed by atoms with Crippen molar-refractivity contribution in [2.45, 2.75) is 32.6 Å². The monoisotopic (exact) mass is 215 g/mol. The number of nitrogens with zero attached hydrogens (tertiary/aromatic N) is 3. The fraction of sp³-hybridized carbons (Fsp3) is 0.417. The van der Waals surface area contributed by atoms with E-state index in [0.29, 0.717) is 18.0 Å². The van der Waals surface area contributed by atoms with Crippen molar-refractivity contribution in [1.82, 2.24) is 14.6 Å². The molecule has 3 rings (SSSR count). The second-order valence-electron chi connectivity index (χ2n) is 4.54. The minimum atomic E-state index is 0.204. The van der Waals surface area contributed by atoms with E-state index < -0.39 is 0 Å². The molecule has 0 fully saturated rings. The van der Waals surface area contributed by atoms with E-state index in [9.17, 15) is 4.79 Å². The highest BCUT2D eigenvalue weighted by atomic mass is 16.1. The van der Waals surface area contributed by atoms with E-state index in [0.717, 1.165) is 12.0 Å². The zero-order valence-electron chi connectivity index (χ0n) is 9.40. The highest BCUT2D eigenvalue weighted by molar-refractivity contribution is 6.05. The lowest BCUT2D eigenvalue weighted by Gasteiger charge is -2.11. The van der Waals surface area contributed by atoms with Gasteiger partial charge in [-0.2, -0.15) is 5.10 Å². The number of hydrogen-bond donors (Lipinski definition) is 0. The number of carbonyl (C=O) groups excluding carboxylic acids is 1. The SMILES string of the molecule is CC(C)c1cn2ncnc2c2c1CCC2=O. The summed E-state index contributed by atoms with van der Waals surface area (Å²) in [5.41, 5.74) is 3.91. The molecule has 4 nitrogen and oxygen atoms in total. The summed E-state index contributed by atoms with van der Waals surface area (Å²) in [4.78, 5) is 16.0. The molecule has 0 atom stereocenters. The average Bonchev–Trinajstić information content (AvgIpc) is 2.82. The number of hydrogen-bond acceptors (Lipinski definition) is 3. The normalized spacial score (nSPS) is 15.1. The smallest absolute Gasteiger partial charge is 0.167 e. The molecule has 0 aromatic carbocycles. The maximum atomic E-state index is 11.9. The van der Waals surface area contributed by atoms with Gasteiger partial charge in [0.2, 0.25) is 0 Å². The molecule has 0 N–H and O–H groups in total. The molecular formula is C12H13N3O. The summed E-state index contributed by atoms with van der Waals surface area (Å²) in [6.45, 7) is 4.28. The van der Waals surface area contributed by atoms with Crippen LogP contribution in [0.1, 0.15) is 47.7 Å². The van der Waals surface area contributed by atoms with Gasteiger partial charge in [0.25, 0.3) is 0 Å². The summed E-state index contributed by atoms with van der Waals surface area (Å²) in [6.07, 6.45) is 4.97. The number of fused-ring (bicyclic) bond motifs is 3. The Balaban J connectivity index is 2.42. The molecule has 82 valence electrons. The van der Waals surface area contributed by atoms with Crippen molar-refractivity contribution in [3.05, 3.63) is 29.2 Å². The molecule has 2 aromatic rings. The minimum absolute atomic E-state index is 0.204. The lowest BCUT2D eigenvalue weighted by molar-refractivity contribution is 0.0995. The van der Waals surface area contributed by atoms with Gasteiger partial charge in [-0.15, -0.1) is 0 Å². The molecule has 16 heavy (non-hydrogen) atoms. The van der Waals surface area contributed by atoms with Gasteiger partial charge in [0, 0.05) is 12.6 Å². The first kappa shape index (κ1) is 9.51. The molecule has 0 saturated carbocycles. The minimum Gasteiger partial charge on any atom is -0.294 e. The maximum Gasteiger partial charge on any atom is 0.167 e. The van der Waals surface area contributed by atoms with Gasteiger partial charge in [0.05, 0.1) is 5.56 Å². The Bertz CT molecular complexity index is 583. The van der Waals surface area contributed by atoms with Crippen LogP contribution in [-0.4, -0.2) is 20.4 Å². The topological polar surface area (TPSA) is 47.3 Å². The molecule has 0 bridgehead atoms. The van der Waals surface area contributed by atoms with Crippen molar-refractivity contribution in [1.29, 1.82) is 0 Å². The lowest BCUT2D eigenvalue weighted by atomic mass is 9.97. The van der Waals surface area contributed by atoms with E-state index >= 15 is 0 Å². The zero-order chi connectivity index (χ0) is 11.3. The number of rotatable bonds is 1. The second kappa shape index (κ2) is 3.14. The Morgan fingerprint density at radius 3 is 2.94 bits per heavy atom. The fourth-order valence-electron chi connectivity index (χ4n) is 2.44. The summed E-state index contributed by atoms with van der Waals surface area (Å²) in [5.74, 6) is 0.615. The number of aromatic nitrogens is 3. The van der Waals surface area contributed by atoms with Gasteiger partial charge >= 0.3 is 0 Å². The van der Waals surface area contributed by atoms with Crippen LogP contribution in [0.15, 0.2) is 12.5 Å². The molecule has 0 radical (unpaired) electrons. The highest BCUT2D eigenvalue weighted by Crippen LogP contribution is 2.31. The first-order valence-corrected chi connectivity index (χ1v) is 5.57. The predicted octanol–water partition coefficient (Wildman–Crippen LogP) is 1.98. The molecule has 0 saturated heterocycles. The van der Waals surface area contributed by atoms with Gasteiger partial charge in [0.15, 0.2) is 11.4 Å². The largest absolute Gasteiger partial charge is 0.294 e. The summed E-state index contributed by atoms with van der Waals surface area (Å²) in [7, 11) is 0. The zero-order valence-corrected chi connectivity index (χ0v) is 9.40. The van der Waals surface area contributed by atoms with Crippen LogP contribution < -0.4 is 0 Å². The molecule has 0 aliphatic heterocycles. The number of Topliss-reactive ketones (excluding diaryl/α,β-unsaturated/α-hetero) is 1. The van der Waals surface area contributed by atoms with Gasteiger partial charge in [-0.25, -0.2) is 9.50 Å². The maximum absolute atomic E-state index is 11.9. The van der Waals surface area contributed by atoms with Crippen LogP contribution >= 0.6 is 0 Å². The second-order valence-corrected chi connectivity index (χ2v) is 4.54. The third kappa shape index (κ3) is 1.13. The molecule has 0 amide bonds. The van der Waals surface area contributed by atoms with E-state index in [1.165, 1.54) is 17.5 Å². The van der Waals surface area contributed by atoms with Crippen molar-refractivity contribution in [3.8, 4) is 0 Å². The molecule has 2 heterocycles. The Morgan fingerprint density at radius 2 is 2.19 bits per heavy atom. The third-order valence-corrected chi connectivity index (χ3v) is 3.21. The van der Waals surface area contributed by atoms with Crippen LogP contribution in [0.4, 0.5) is 0 Å². The molecule has 1 aliphatic carbocycles. The Hall–Kier alpha value is -1.71. The summed E-state index contributed by atoms with van der Waals surface area (Å²) >= 11 is 0. The summed E-state index contributed by atoms with van der Waals surface area (Å²) in [5, 5.41) is 4.13. The van der Waals surface area contributed by atoms with Crippen molar-refractivity contribution < 1.29 is 4.79 Å².